The summed E-state index contributed by atoms with van der Waals surface area (Å²) >= 11 is 6.20. The number of methoxy groups -OCH3 is 1. The van der Waals surface area contributed by atoms with Gasteiger partial charge < -0.3 is 14.5 Å². The minimum atomic E-state index is -0.0635. The molecule has 0 saturated heterocycles. The van der Waals surface area contributed by atoms with Gasteiger partial charge in [0.15, 0.2) is 0 Å². The van der Waals surface area contributed by atoms with Crippen molar-refractivity contribution in [1.82, 2.24) is 14.7 Å². The van der Waals surface area contributed by atoms with Gasteiger partial charge >= 0.3 is 0 Å². The van der Waals surface area contributed by atoms with Crippen molar-refractivity contribution in [3.63, 3.8) is 0 Å². The van der Waals surface area contributed by atoms with E-state index in [1.165, 1.54) is 0 Å². The van der Waals surface area contributed by atoms with Crippen molar-refractivity contribution in [3.05, 3.63) is 113 Å². The molecule has 0 fully saturated rings. The lowest BCUT2D eigenvalue weighted by Crippen LogP contribution is -2.26. The Kier molecular flexibility index (Phi) is 7.47. The molecule has 0 radical (unpaired) electrons. The highest BCUT2D eigenvalue weighted by atomic mass is 35.5. The van der Waals surface area contributed by atoms with Crippen molar-refractivity contribution in [2.75, 3.05) is 7.11 Å². The Labute approximate surface area is 228 Å². The molecule has 5 aromatic rings. The Balaban J connectivity index is 1.49. The van der Waals surface area contributed by atoms with Gasteiger partial charge in [-0.15, -0.1) is 0 Å². The lowest BCUT2D eigenvalue weighted by Gasteiger charge is -2.14. The number of carbonyl (C=O) groups excluding carboxylic acids is 1. The molecule has 192 valence electrons. The van der Waals surface area contributed by atoms with Crippen molar-refractivity contribution >= 4 is 23.2 Å². The largest absolute Gasteiger partial charge is 0.497 e. The van der Waals surface area contributed by atoms with Crippen molar-refractivity contribution < 1.29 is 9.53 Å². The van der Waals surface area contributed by atoms with Gasteiger partial charge in [0.25, 0.3) is 0 Å². The fourth-order valence-corrected chi connectivity index (χ4v) is 5.02. The Morgan fingerprint density at radius 1 is 1.00 bits per heavy atom. The molecule has 0 aliphatic heterocycles. The van der Waals surface area contributed by atoms with E-state index in [4.69, 9.17) is 21.3 Å². The van der Waals surface area contributed by atoms with E-state index in [0.717, 1.165) is 50.6 Å². The zero-order valence-corrected chi connectivity index (χ0v) is 22.5. The summed E-state index contributed by atoms with van der Waals surface area (Å²) in [6.07, 6.45) is 2.99. The second-order valence-corrected chi connectivity index (χ2v) is 9.88. The Hall–Kier alpha value is -4.09. The molecule has 0 spiro atoms. The van der Waals surface area contributed by atoms with Gasteiger partial charge in [-0.25, -0.2) is 4.98 Å². The molecule has 5 rings (SSSR count). The highest BCUT2D eigenvalue weighted by Crippen LogP contribution is 2.31. The first-order valence-electron chi connectivity index (χ1n) is 12.7. The van der Waals surface area contributed by atoms with Crippen LogP contribution in [0.1, 0.15) is 36.2 Å². The minimum absolute atomic E-state index is 0.00156. The van der Waals surface area contributed by atoms with Crippen LogP contribution >= 0.6 is 11.6 Å². The van der Waals surface area contributed by atoms with Crippen LogP contribution in [0.15, 0.2) is 91.1 Å². The van der Waals surface area contributed by atoms with E-state index in [0.29, 0.717) is 17.9 Å². The first-order chi connectivity index (χ1) is 18.4. The van der Waals surface area contributed by atoms with E-state index in [1.807, 2.05) is 85.8 Å². The molecule has 38 heavy (non-hydrogen) atoms. The Morgan fingerprint density at radius 2 is 1.74 bits per heavy atom. The van der Waals surface area contributed by atoms with Gasteiger partial charge in [0, 0.05) is 23.2 Å². The van der Waals surface area contributed by atoms with E-state index in [9.17, 15) is 4.79 Å². The number of hydrogen-bond acceptors (Lipinski definition) is 3. The number of benzene rings is 3. The van der Waals surface area contributed by atoms with Crippen molar-refractivity contribution in [2.45, 2.75) is 32.7 Å². The van der Waals surface area contributed by atoms with E-state index in [1.54, 1.807) is 7.11 Å². The Bertz CT molecular complexity index is 1580. The number of nitrogens with one attached hydrogen (secondary N) is 1. The van der Waals surface area contributed by atoms with Crippen molar-refractivity contribution in [1.29, 1.82) is 0 Å². The summed E-state index contributed by atoms with van der Waals surface area (Å²) in [7, 11) is 1.65. The standard InChI is InChI=1S/C32H30ClN3O2/c1-21-19-26(33)12-15-28(21)25-11-17-30-35-32(24-9-13-27(38-3)14-10-24)29(36(30)20-25)16-18-31(37)34-22(2)23-7-5-4-6-8-23/h4-15,17,19-20,22H,16,18H2,1-3H3,(H,34,37)/t22-/m1/s1. The van der Waals surface area contributed by atoms with Crippen LogP contribution in [0.3, 0.4) is 0 Å². The number of fused-ring (bicyclic) bond motifs is 1. The summed E-state index contributed by atoms with van der Waals surface area (Å²) < 4.78 is 7.45. The highest BCUT2D eigenvalue weighted by molar-refractivity contribution is 6.30. The molecule has 2 aromatic heterocycles. The number of amides is 1. The minimum Gasteiger partial charge on any atom is -0.497 e. The highest BCUT2D eigenvalue weighted by Gasteiger charge is 2.18. The predicted octanol–water partition coefficient (Wildman–Crippen LogP) is 7.45. The number of ether oxygens (including phenoxy) is 1. The molecule has 0 bridgehead atoms. The number of pyridine rings is 1. The van der Waals surface area contributed by atoms with Gasteiger partial charge in [-0.1, -0.05) is 48.0 Å². The lowest BCUT2D eigenvalue weighted by atomic mass is 10.0. The van der Waals surface area contributed by atoms with Crippen molar-refractivity contribution in [3.8, 4) is 28.1 Å². The van der Waals surface area contributed by atoms with Gasteiger partial charge in [0.2, 0.25) is 5.91 Å². The summed E-state index contributed by atoms with van der Waals surface area (Å²) in [6.45, 7) is 4.06. The van der Waals surface area contributed by atoms with Crippen LogP contribution in [0.2, 0.25) is 5.02 Å². The zero-order chi connectivity index (χ0) is 26.6. The average molecular weight is 524 g/mol. The van der Waals surface area contributed by atoms with E-state index in [-0.39, 0.29) is 11.9 Å². The van der Waals surface area contributed by atoms with Crippen LogP contribution in [-0.2, 0) is 11.2 Å². The number of halogens is 1. The number of hydrogen-bond donors (Lipinski definition) is 1. The van der Waals surface area contributed by atoms with Gasteiger partial charge in [0.1, 0.15) is 11.4 Å². The number of rotatable bonds is 8. The van der Waals surface area contributed by atoms with Gasteiger partial charge in [0.05, 0.1) is 24.5 Å². The van der Waals surface area contributed by atoms with Crippen LogP contribution in [0.25, 0.3) is 28.0 Å². The molecular weight excluding hydrogens is 494 g/mol. The summed E-state index contributed by atoms with van der Waals surface area (Å²) in [5, 5.41) is 3.85. The summed E-state index contributed by atoms with van der Waals surface area (Å²) in [6, 6.07) is 27.8. The maximum atomic E-state index is 13.0. The molecule has 2 heterocycles. The second-order valence-electron chi connectivity index (χ2n) is 9.44. The predicted molar refractivity (Wildman–Crippen MR) is 154 cm³/mol. The quantitative estimate of drug-likeness (QED) is 0.230. The SMILES string of the molecule is COc1ccc(-c2nc3ccc(-c4ccc(Cl)cc4C)cn3c2CCC(=O)N[C@H](C)c2ccccc2)cc1. The number of aryl methyl sites for hydroxylation is 2. The Morgan fingerprint density at radius 3 is 2.45 bits per heavy atom. The molecular formula is C32H30ClN3O2. The average Bonchev–Trinajstić information content (AvgIpc) is 3.30. The molecule has 1 N–H and O–H groups in total. The van der Waals surface area contributed by atoms with Crippen LogP contribution in [-0.4, -0.2) is 22.4 Å². The summed E-state index contributed by atoms with van der Waals surface area (Å²) in [4.78, 5) is 18.0. The first kappa shape index (κ1) is 25.6. The van der Waals surface area contributed by atoms with Gasteiger partial charge in [-0.05, 0) is 91.1 Å². The van der Waals surface area contributed by atoms with Crippen LogP contribution < -0.4 is 10.1 Å². The molecule has 0 aliphatic carbocycles. The lowest BCUT2D eigenvalue weighted by molar-refractivity contribution is -0.121. The van der Waals surface area contributed by atoms with Crippen LogP contribution in [0.4, 0.5) is 0 Å². The molecule has 1 amide bonds. The molecule has 0 aliphatic rings. The number of nitrogens with zero attached hydrogens (tertiary/aromatic N) is 2. The fourth-order valence-electron chi connectivity index (χ4n) is 4.79. The number of aromatic nitrogens is 2. The number of carbonyl (C=O) groups is 1. The van der Waals surface area contributed by atoms with Gasteiger partial charge in [-0.2, -0.15) is 0 Å². The molecule has 0 saturated carbocycles. The third-order valence-corrected chi connectivity index (χ3v) is 7.08. The molecule has 5 nitrogen and oxygen atoms in total. The van der Waals surface area contributed by atoms with E-state index >= 15 is 0 Å². The van der Waals surface area contributed by atoms with Gasteiger partial charge in [-0.3, -0.25) is 4.79 Å². The number of imidazole rings is 1. The fraction of sp³-hybridized carbons (Fsp3) is 0.188. The molecule has 6 heteroatoms. The third-order valence-electron chi connectivity index (χ3n) is 6.85. The summed E-state index contributed by atoms with van der Waals surface area (Å²) in [5.41, 5.74) is 8.01. The smallest absolute Gasteiger partial charge is 0.220 e. The second kappa shape index (κ2) is 11.1. The van der Waals surface area contributed by atoms with E-state index < -0.39 is 0 Å². The zero-order valence-electron chi connectivity index (χ0n) is 21.7. The first-order valence-corrected chi connectivity index (χ1v) is 13.1. The molecule has 1 atom stereocenters. The maximum absolute atomic E-state index is 13.0. The van der Waals surface area contributed by atoms with Crippen LogP contribution in [0.5, 0.6) is 5.75 Å². The molecule has 0 unspecified atom stereocenters. The summed E-state index contributed by atoms with van der Waals surface area (Å²) in [5.74, 6) is 0.788. The van der Waals surface area contributed by atoms with Crippen molar-refractivity contribution in [2.24, 2.45) is 0 Å². The third kappa shape index (κ3) is 5.43. The monoisotopic (exact) mass is 523 g/mol. The normalized spacial score (nSPS) is 11.9. The molecule has 3 aromatic carbocycles. The maximum Gasteiger partial charge on any atom is 0.220 e. The van der Waals surface area contributed by atoms with Crippen LogP contribution in [0, 0.1) is 6.92 Å². The topological polar surface area (TPSA) is 55.6 Å². The van der Waals surface area contributed by atoms with E-state index in [2.05, 4.69) is 28.9 Å².